The molecule has 0 bridgehead atoms. The van der Waals surface area contributed by atoms with Crippen molar-refractivity contribution in [2.45, 2.75) is 13.5 Å². The van der Waals surface area contributed by atoms with Gasteiger partial charge in [0, 0.05) is 17.2 Å². The van der Waals surface area contributed by atoms with E-state index < -0.39 is 0 Å². The van der Waals surface area contributed by atoms with Gasteiger partial charge in [-0.3, -0.25) is 4.79 Å². The van der Waals surface area contributed by atoms with E-state index in [0.717, 1.165) is 5.56 Å². The molecular formula is C20H15FN4O2. The second-order valence-electron chi connectivity index (χ2n) is 6.06. The van der Waals surface area contributed by atoms with Gasteiger partial charge in [-0.25, -0.2) is 9.07 Å². The molecule has 134 valence electrons. The minimum Gasteiger partial charge on any atom is -0.337 e. The number of benzene rings is 2. The summed E-state index contributed by atoms with van der Waals surface area (Å²) in [7, 11) is 0. The largest absolute Gasteiger partial charge is 0.337 e. The van der Waals surface area contributed by atoms with Gasteiger partial charge in [-0.2, -0.15) is 10.1 Å². The van der Waals surface area contributed by atoms with Crippen LogP contribution in [0.25, 0.3) is 22.6 Å². The molecular weight excluding hydrogens is 347 g/mol. The summed E-state index contributed by atoms with van der Waals surface area (Å²) in [5, 5.41) is 8.23. The van der Waals surface area contributed by atoms with Crippen molar-refractivity contribution in [2.24, 2.45) is 0 Å². The summed E-state index contributed by atoms with van der Waals surface area (Å²) < 4.78 is 20.2. The summed E-state index contributed by atoms with van der Waals surface area (Å²) in [5.74, 6) is 0.134. The Kier molecular flexibility index (Phi) is 4.33. The maximum Gasteiger partial charge on any atom is 0.267 e. The minimum absolute atomic E-state index is 0.0286. The zero-order valence-corrected chi connectivity index (χ0v) is 14.5. The average molecular weight is 362 g/mol. The highest BCUT2D eigenvalue weighted by Gasteiger charge is 2.12. The van der Waals surface area contributed by atoms with E-state index in [1.807, 2.05) is 30.3 Å². The standard InChI is InChI=1S/C20H15FN4O2/c1-13-7-8-15(11-16(13)21)20-22-18(27-24-20)12-25-19(26)10-9-17(23-25)14-5-3-2-4-6-14/h2-11H,12H2,1H3. The molecule has 0 saturated heterocycles. The minimum atomic E-state index is -0.340. The van der Waals surface area contributed by atoms with Crippen LogP contribution in [0.1, 0.15) is 11.5 Å². The van der Waals surface area contributed by atoms with Crippen molar-refractivity contribution in [1.82, 2.24) is 19.9 Å². The zero-order chi connectivity index (χ0) is 18.8. The molecule has 0 aliphatic heterocycles. The van der Waals surface area contributed by atoms with Gasteiger partial charge in [-0.05, 0) is 24.6 Å². The van der Waals surface area contributed by atoms with Crippen molar-refractivity contribution in [2.75, 3.05) is 0 Å². The summed E-state index contributed by atoms with van der Waals surface area (Å²) in [6.07, 6.45) is 0. The molecule has 0 aliphatic carbocycles. The Hall–Kier alpha value is -3.61. The zero-order valence-electron chi connectivity index (χ0n) is 14.5. The predicted octanol–water partition coefficient (Wildman–Crippen LogP) is 3.46. The molecule has 0 unspecified atom stereocenters. The monoisotopic (exact) mass is 362 g/mol. The first-order chi connectivity index (χ1) is 13.1. The maximum atomic E-state index is 13.7. The Balaban J connectivity index is 1.62. The van der Waals surface area contributed by atoms with Gasteiger partial charge >= 0.3 is 0 Å². The Bertz CT molecular complexity index is 1150. The third kappa shape index (κ3) is 3.52. The number of aromatic nitrogens is 4. The van der Waals surface area contributed by atoms with E-state index in [1.54, 1.807) is 25.1 Å². The lowest BCUT2D eigenvalue weighted by molar-refractivity contribution is 0.363. The van der Waals surface area contributed by atoms with E-state index in [1.165, 1.54) is 16.8 Å². The average Bonchev–Trinajstić information content (AvgIpc) is 3.15. The molecule has 0 spiro atoms. The number of halogens is 1. The lowest BCUT2D eigenvalue weighted by atomic mass is 10.1. The van der Waals surface area contributed by atoms with Crippen LogP contribution in [0, 0.1) is 12.7 Å². The molecule has 2 aromatic carbocycles. The van der Waals surface area contributed by atoms with Gasteiger partial charge in [0.25, 0.3) is 5.56 Å². The quantitative estimate of drug-likeness (QED) is 0.556. The van der Waals surface area contributed by atoms with E-state index in [2.05, 4.69) is 15.2 Å². The van der Waals surface area contributed by atoms with E-state index in [-0.39, 0.29) is 29.6 Å². The summed E-state index contributed by atoms with van der Waals surface area (Å²) in [4.78, 5) is 16.4. The Morgan fingerprint density at radius 3 is 2.63 bits per heavy atom. The van der Waals surface area contributed by atoms with Crippen molar-refractivity contribution < 1.29 is 8.91 Å². The molecule has 2 heterocycles. The third-order valence-corrected chi connectivity index (χ3v) is 4.12. The van der Waals surface area contributed by atoms with Crippen LogP contribution in [0.15, 0.2) is 70.0 Å². The fourth-order valence-corrected chi connectivity index (χ4v) is 2.62. The van der Waals surface area contributed by atoms with E-state index in [0.29, 0.717) is 16.8 Å². The van der Waals surface area contributed by atoms with Crippen LogP contribution < -0.4 is 5.56 Å². The third-order valence-electron chi connectivity index (χ3n) is 4.12. The molecule has 0 amide bonds. The molecule has 4 aromatic rings. The summed E-state index contributed by atoms with van der Waals surface area (Å²) in [5.41, 5.74) is 2.32. The van der Waals surface area contributed by atoms with E-state index in [4.69, 9.17) is 4.52 Å². The van der Waals surface area contributed by atoms with Gasteiger partial charge in [0.1, 0.15) is 12.4 Å². The number of rotatable bonds is 4. The summed E-state index contributed by atoms with van der Waals surface area (Å²) in [6.45, 7) is 1.71. The van der Waals surface area contributed by atoms with Gasteiger partial charge in [-0.1, -0.05) is 47.6 Å². The topological polar surface area (TPSA) is 73.8 Å². The molecule has 0 N–H and O–H groups in total. The van der Waals surface area contributed by atoms with E-state index >= 15 is 0 Å². The highest BCUT2D eigenvalue weighted by molar-refractivity contribution is 5.58. The van der Waals surface area contributed by atoms with Crippen molar-refractivity contribution in [3.8, 4) is 22.6 Å². The summed E-state index contributed by atoms with van der Waals surface area (Å²) >= 11 is 0. The molecule has 0 atom stereocenters. The van der Waals surface area contributed by atoms with Gasteiger partial charge in [-0.15, -0.1) is 0 Å². The van der Waals surface area contributed by atoms with Gasteiger partial charge < -0.3 is 4.52 Å². The first-order valence-corrected chi connectivity index (χ1v) is 8.33. The molecule has 2 aromatic heterocycles. The first-order valence-electron chi connectivity index (χ1n) is 8.33. The smallest absolute Gasteiger partial charge is 0.267 e. The normalized spacial score (nSPS) is 10.9. The van der Waals surface area contributed by atoms with Crippen LogP contribution in [-0.4, -0.2) is 19.9 Å². The van der Waals surface area contributed by atoms with Gasteiger partial charge in [0.15, 0.2) is 0 Å². The molecule has 27 heavy (non-hydrogen) atoms. The SMILES string of the molecule is Cc1ccc(-c2noc(Cn3nc(-c4ccccc4)ccc3=O)n2)cc1F. The van der Waals surface area contributed by atoms with Crippen LogP contribution in [0.3, 0.4) is 0 Å². The lowest BCUT2D eigenvalue weighted by Gasteiger charge is -2.04. The molecule has 0 fully saturated rings. The molecule has 0 radical (unpaired) electrons. The van der Waals surface area contributed by atoms with Gasteiger partial charge in [0.2, 0.25) is 11.7 Å². The number of nitrogens with zero attached hydrogens (tertiary/aromatic N) is 4. The Labute approximate surface area is 153 Å². The lowest BCUT2D eigenvalue weighted by Crippen LogP contribution is -2.23. The second-order valence-corrected chi connectivity index (χ2v) is 6.06. The Morgan fingerprint density at radius 1 is 1.04 bits per heavy atom. The van der Waals surface area contributed by atoms with Gasteiger partial charge in [0.05, 0.1) is 5.69 Å². The molecule has 0 saturated carbocycles. The molecule has 7 heteroatoms. The fourth-order valence-electron chi connectivity index (χ4n) is 2.62. The predicted molar refractivity (Wildman–Crippen MR) is 97.5 cm³/mol. The van der Waals surface area contributed by atoms with Crippen LogP contribution in [0.2, 0.25) is 0 Å². The number of aryl methyl sites for hydroxylation is 1. The van der Waals surface area contributed by atoms with Crippen molar-refractivity contribution in [3.05, 3.63) is 88.3 Å². The van der Waals surface area contributed by atoms with Crippen LogP contribution in [0.5, 0.6) is 0 Å². The highest BCUT2D eigenvalue weighted by atomic mass is 19.1. The van der Waals surface area contributed by atoms with E-state index in [9.17, 15) is 9.18 Å². The Morgan fingerprint density at radius 2 is 1.85 bits per heavy atom. The number of hydrogen-bond donors (Lipinski definition) is 0. The summed E-state index contributed by atoms with van der Waals surface area (Å²) in [6, 6.07) is 17.4. The highest BCUT2D eigenvalue weighted by Crippen LogP contribution is 2.19. The first kappa shape index (κ1) is 16.8. The van der Waals surface area contributed by atoms with Crippen molar-refractivity contribution >= 4 is 0 Å². The second kappa shape index (κ2) is 6.95. The maximum absolute atomic E-state index is 13.7. The van der Waals surface area contributed by atoms with Crippen LogP contribution >= 0.6 is 0 Å². The van der Waals surface area contributed by atoms with Crippen molar-refractivity contribution in [3.63, 3.8) is 0 Å². The molecule has 6 nitrogen and oxygen atoms in total. The fraction of sp³-hybridized carbons (Fsp3) is 0.100. The van der Waals surface area contributed by atoms with Crippen molar-refractivity contribution in [1.29, 1.82) is 0 Å². The van der Waals surface area contributed by atoms with Crippen LogP contribution in [-0.2, 0) is 6.54 Å². The van der Waals surface area contributed by atoms with Crippen LogP contribution in [0.4, 0.5) is 4.39 Å². The molecule has 4 rings (SSSR count). The number of hydrogen-bond acceptors (Lipinski definition) is 5. The molecule has 0 aliphatic rings.